The molecule has 0 fully saturated rings. The summed E-state index contributed by atoms with van der Waals surface area (Å²) in [6, 6.07) is 17.7. The standard InChI is InChI=1S/C15H11N3O2/c19-15-14(17-16-12-9-5-2-6-10-12)13(18-20-15)11-7-3-1-4-8-11/h1-10,14H. The number of carbonyl (C=O) groups excluding carboxylic acids is 1. The number of hydrogen-bond acceptors (Lipinski definition) is 5. The first-order valence-electron chi connectivity index (χ1n) is 6.14. The molecular formula is C15H11N3O2. The summed E-state index contributed by atoms with van der Waals surface area (Å²) in [5, 5.41) is 11.9. The summed E-state index contributed by atoms with van der Waals surface area (Å²) in [5.41, 5.74) is 1.96. The molecule has 0 N–H and O–H groups in total. The van der Waals surface area contributed by atoms with Crippen molar-refractivity contribution >= 4 is 17.4 Å². The van der Waals surface area contributed by atoms with E-state index in [0.717, 1.165) is 5.56 Å². The van der Waals surface area contributed by atoms with Gasteiger partial charge in [-0.3, -0.25) is 0 Å². The van der Waals surface area contributed by atoms with Crippen molar-refractivity contribution in [3.8, 4) is 0 Å². The average Bonchev–Trinajstić information content (AvgIpc) is 2.88. The molecule has 0 bridgehead atoms. The van der Waals surface area contributed by atoms with Gasteiger partial charge in [0.2, 0.25) is 6.04 Å². The van der Waals surface area contributed by atoms with Gasteiger partial charge in [-0.2, -0.15) is 10.2 Å². The highest BCUT2D eigenvalue weighted by molar-refractivity contribution is 6.17. The quantitative estimate of drug-likeness (QED) is 0.632. The third-order valence-electron chi connectivity index (χ3n) is 2.83. The van der Waals surface area contributed by atoms with Crippen molar-refractivity contribution in [2.24, 2.45) is 15.4 Å². The maximum absolute atomic E-state index is 11.7. The Bertz CT molecular complexity index is 666. The summed E-state index contributed by atoms with van der Waals surface area (Å²) < 4.78 is 0. The van der Waals surface area contributed by atoms with E-state index in [1.165, 1.54) is 0 Å². The molecule has 5 heteroatoms. The van der Waals surface area contributed by atoms with E-state index in [-0.39, 0.29) is 0 Å². The fraction of sp³-hybridized carbons (Fsp3) is 0.0667. The van der Waals surface area contributed by atoms with Crippen LogP contribution in [-0.2, 0) is 9.63 Å². The zero-order valence-corrected chi connectivity index (χ0v) is 10.5. The van der Waals surface area contributed by atoms with Crippen LogP contribution in [0.25, 0.3) is 0 Å². The van der Waals surface area contributed by atoms with Gasteiger partial charge < -0.3 is 4.84 Å². The Morgan fingerprint density at radius 3 is 2.30 bits per heavy atom. The highest BCUT2D eigenvalue weighted by atomic mass is 16.7. The zero-order chi connectivity index (χ0) is 13.8. The van der Waals surface area contributed by atoms with E-state index in [9.17, 15) is 4.79 Å². The van der Waals surface area contributed by atoms with E-state index in [4.69, 9.17) is 4.84 Å². The molecule has 20 heavy (non-hydrogen) atoms. The fourth-order valence-electron chi connectivity index (χ4n) is 1.85. The Morgan fingerprint density at radius 2 is 1.60 bits per heavy atom. The van der Waals surface area contributed by atoms with Crippen LogP contribution in [0.3, 0.4) is 0 Å². The monoisotopic (exact) mass is 265 g/mol. The molecule has 2 aromatic carbocycles. The lowest BCUT2D eigenvalue weighted by Gasteiger charge is -2.02. The maximum Gasteiger partial charge on any atom is 0.367 e. The SMILES string of the molecule is O=C1ON=C(c2ccccc2)C1N=Nc1ccccc1. The van der Waals surface area contributed by atoms with Gasteiger partial charge in [0.05, 0.1) is 5.69 Å². The number of hydrogen-bond donors (Lipinski definition) is 0. The van der Waals surface area contributed by atoms with Gasteiger partial charge in [-0.15, -0.1) is 0 Å². The van der Waals surface area contributed by atoms with Crippen LogP contribution in [0.2, 0.25) is 0 Å². The van der Waals surface area contributed by atoms with Crippen LogP contribution in [0.4, 0.5) is 5.69 Å². The predicted molar refractivity (Wildman–Crippen MR) is 73.8 cm³/mol. The zero-order valence-electron chi connectivity index (χ0n) is 10.5. The Balaban J connectivity index is 1.86. The van der Waals surface area contributed by atoms with Crippen molar-refractivity contribution in [2.75, 3.05) is 0 Å². The second-order valence-electron chi connectivity index (χ2n) is 4.21. The Morgan fingerprint density at radius 1 is 0.950 bits per heavy atom. The molecule has 0 spiro atoms. The topological polar surface area (TPSA) is 63.4 Å². The lowest BCUT2D eigenvalue weighted by molar-refractivity contribution is -0.141. The molecule has 2 aromatic rings. The lowest BCUT2D eigenvalue weighted by atomic mass is 10.0. The number of nitrogens with zero attached hydrogens (tertiary/aromatic N) is 3. The van der Waals surface area contributed by atoms with Crippen molar-refractivity contribution in [1.29, 1.82) is 0 Å². The van der Waals surface area contributed by atoms with Crippen molar-refractivity contribution in [3.63, 3.8) is 0 Å². The second-order valence-corrected chi connectivity index (χ2v) is 4.21. The molecular weight excluding hydrogens is 254 g/mol. The van der Waals surface area contributed by atoms with E-state index in [1.807, 2.05) is 60.7 Å². The number of oxime groups is 1. The molecule has 0 aliphatic carbocycles. The minimum absolute atomic E-state index is 0.482. The van der Waals surface area contributed by atoms with Crippen LogP contribution in [0, 0.1) is 0 Å². The number of carbonyl (C=O) groups is 1. The van der Waals surface area contributed by atoms with E-state index < -0.39 is 12.0 Å². The van der Waals surface area contributed by atoms with Gasteiger partial charge in [0.25, 0.3) is 0 Å². The molecule has 98 valence electrons. The van der Waals surface area contributed by atoms with Gasteiger partial charge >= 0.3 is 5.97 Å². The van der Waals surface area contributed by atoms with Gasteiger partial charge in [-0.1, -0.05) is 53.7 Å². The third kappa shape index (κ3) is 2.47. The van der Waals surface area contributed by atoms with Crippen LogP contribution in [-0.4, -0.2) is 17.7 Å². The van der Waals surface area contributed by atoms with Crippen molar-refractivity contribution in [3.05, 3.63) is 66.2 Å². The van der Waals surface area contributed by atoms with Gasteiger partial charge in [-0.05, 0) is 12.1 Å². The molecule has 0 saturated heterocycles. The number of benzene rings is 2. The van der Waals surface area contributed by atoms with Crippen LogP contribution in [0.1, 0.15) is 5.56 Å². The predicted octanol–water partition coefficient (Wildman–Crippen LogP) is 3.10. The van der Waals surface area contributed by atoms with Crippen molar-refractivity contribution < 1.29 is 9.63 Å². The molecule has 1 atom stereocenters. The van der Waals surface area contributed by atoms with Gasteiger partial charge in [-0.25, -0.2) is 4.79 Å². The van der Waals surface area contributed by atoms with Crippen molar-refractivity contribution in [2.45, 2.75) is 6.04 Å². The molecule has 5 nitrogen and oxygen atoms in total. The first kappa shape index (κ1) is 12.2. The molecule has 1 aliphatic heterocycles. The van der Waals surface area contributed by atoms with Crippen LogP contribution in [0.15, 0.2) is 76.0 Å². The molecule has 1 aliphatic rings. The van der Waals surface area contributed by atoms with Crippen LogP contribution >= 0.6 is 0 Å². The normalized spacial score (nSPS) is 18.1. The molecule has 0 aromatic heterocycles. The molecule has 0 amide bonds. The summed E-state index contributed by atoms with van der Waals surface area (Å²) >= 11 is 0. The van der Waals surface area contributed by atoms with Gasteiger partial charge in [0, 0.05) is 5.56 Å². The maximum atomic E-state index is 11.7. The lowest BCUT2D eigenvalue weighted by Crippen LogP contribution is -2.22. The molecule has 0 radical (unpaired) electrons. The minimum atomic E-state index is -0.808. The summed E-state index contributed by atoms with van der Waals surface area (Å²) in [6.45, 7) is 0. The Labute approximate surface area is 115 Å². The summed E-state index contributed by atoms with van der Waals surface area (Å²) in [5.74, 6) is -0.511. The Hall–Kier alpha value is -2.82. The highest BCUT2D eigenvalue weighted by Crippen LogP contribution is 2.18. The molecule has 1 unspecified atom stereocenters. The summed E-state index contributed by atoms with van der Waals surface area (Å²) in [7, 11) is 0. The van der Waals surface area contributed by atoms with E-state index in [0.29, 0.717) is 11.4 Å². The smallest absolute Gasteiger partial charge is 0.315 e. The average molecular weight is 265 g/mol. The van der Waals surface area contributed by atoms with E-state index in [1.54, 1.807) is 0 Å². The largest absolute Gasteiger partial charge is 0.367 e. The molecule has 1 heterocycles. The van der Waals surface area contributed by atoms with Crippen molar-refractivity contribution in [1.82, 2.24) is 0 Å². The first-order chi connectivity index (χ1) is 9.84. The van der Waals surface area contributed by atoms with Gasteiger partial charge in [0.15, 0.2) is 0 Å². The second kappa shape index (κ2) is 5.44. The highest BCUT2D eigenvalue weighted by Gasteiger charge is 2.33. The Kier molecular flexibility index (Phi) is 3.33. The first-order valence-corrected chi connectivity index (χ1v) is 6.14. The third-order valence-corrected chi connectivity index (χ3v) is 2.83. The molecule has 3 rings (SSSR count). The van der Waals surface area contributed by atoms with E-state index in [2.05, 4.69) is 15.4 Å². The van der Waals surface area contributed by atoms with Crippen LogP contribution in [0.5, 0.6) is 0 Å². The fourth-order valence-corrected chi connectivity index (χ4v) is 1.85. The van der Waals surface area contributed by atoms with Gasteiger partial charge in [0.1, 0.15) is 5.71 Å². The van der Waals surface area contributed by atoms with E-state index >= 15 is 0 Å². The number of rotatable bonds is 3. The number of azo groups is 1. The summed E-state index contributed by atoms with van der Waals surface area (Å²) in [6.07, 6.45) is 0. The molecule has 0 saturated carbocycles. The summed E-state index contributed by atoms with van der Waals surface area (Å²) in [4.78, 5) is 16.4. The minimum Gasteiger partial charge on any atom is -0.315 e. The van der Waals surface area contributed by atoms with Crippen LogP contribution < -0.4 is 0 Å².